The average Bonchev–Trinajstić information content (AvgIpc) is 3.23. The molecule has 4 atom stereocenters. The van der Waals surface area contributed by atoms with Gasteiger partial charge in [-0.1, -0.05) is 54.6 Å². The van der Waals surface area contributed by atoms with Crippen LogP contribution >= 0.6 is 11.8 Å². The molecule has 1 aliphatic heterocycles. The van der Waals surface area contributed by atoms with Crippen molar-refractivity contribution in [3.8, 4) is 0 Å². The first-order valence-electron chi connectivity index (χ1n) is 11.5. The third kappa shape index (κ3) is 6.77. The van der Waals surface area contributed by atoms with Gasteiger partial charge in [0.25, 0.3) is 0 Å². The zero-order chi connectivity index (χ0) is 26.2. The maximum atomic E-state index is 12.9. The van der Waals surface area contributed by atoms with Crippen LogP contribution in [0.4, 0.5) is 0 Å². The fourth-order valence-electron chi connectivity index (χ4n) is 3.70. The Kier molecular flexibility index (Phi) is 8.58. The van der Waals surface area contributed by atoms with E-state index in [1.165, 1.54) is 6.92 Å². The summed E-state index contributed by atoms with van der Waals surface area (Å²) < 4.78 is 22.4. The SMILES string of the molecule is CC(=O)OC1S[C@H](COC(=O)c2ccccc2)[C@H](OC(=O)c2ccccc2)[C@H]1OC(=O)c1ccccc1. The van der Waals surface area contributed by atoms with Crippen molar-refractivity contribution in [2.24, 2.45) is 0 Å². The number of hydrogen-bond acceptors (Lipinski definition) is 9. The van der Waals surface area contributed by atoms with E-state index in [4.69, 9.17) is 18.9 Å². The maximum Gasteiger partial charge on any atom is 0.338 e. The lowest BCUT2D eigenvalue weighted by Gasteiger charge is -2.25. The molecule has 0 N–H and O–H groups in total. The molecule has 0 aliphatic carbocycles. The molecule has 0 aromatic heterocycles. The van der Waals surface area contributed by atoms with Crippen LogP contribution in [-0.4, -0.2) is 53.4 Å². The van der Waals surface area contributed by atoms with Crippen molar-refractivity contribution in [3.63, 3.8) is 0 Å². The van der Waals surface area contributed by atoms with Crippen LogP contribution in [0.2, 0.25) is 0 Å². The van der Waals surface area contributed by atoms with Crippen LogP contribution in [0.1, 0.15) is 38.0 Å². The Morgan fingerprint density at radius 2 is 1.05 bits per heavy atom. The van der Waals surface area contributed by atoms with Crippen molar-refractivity contribution in [1.29, 1.82) is 0 Å². The zero-order valence-corrected chi connectivity index (χ0v) is 20.7. The Bertz CT molecular complexity index is 1230. The van der Waals surface area contributed by atoms with Crippen molar-refractivity contribution in [3.05, 3.63) is 108 Å². The van der Waals surface area contributed by atoms with Gasteiger partial charge in [-0.3, -0.25) is 4.79 Å². The summed E-state index contributed by atoms with van der Waals surface area (Å²) in [6.07, 6.45) is -2.21. The van der Waals surface area contributed by atoms with Crippen LogP contribution in [0.25, 0.3) is 0 Å². The fourth-order valence-corrected chi connectivity index (χ4v) is 5.11. The van der Waals surface area contributed by atoms with Crippen LogP contribution in [0.5, 0.6) is 0 Å². The fraction of sp³-hybridized carbons (Fsp3) is 0.214. The van der Waals surface area contributed by atoms with Crippen molar-refractivity contribution in [2.45, 2.75) is 29.8 Å². The highest BCUT2D eigenvalue weighted by Gasteiger charge is 2.51. The minimum atomic E-state index is -1.14. The summed E-state index contributed by atoms with van der Waals surface area (Å²) in [4.78, 5) is 50.2. The predicted octanol–water partition coefficient (Wildman–Crippen LogP) is 4.30. The van der Waals surface area contributed by atoms with Gasteiger partial charge in [-0.15, -0.1) is 11.8 Å². The highest BCUT2D eigenvalue weighted by molar-refractivity contribution is 8.00. The lowest BCUT2D eigenvalue weighted by atomic mass is 10.1. The van der Waals surface area contributed by atoms with Gasteiger partial charge < -0.3 is 18.9 Å². The number of thioether (sulfide) groups is 1. The number of carbonyl (C=O) groups is 4. The first-order chi connectivity index (χ1) is 17.9. The minimum Gasteiger partial charge on any atom is -0.461 e. The Balaban J connectivity index is 1.58. The summed E-state index contributed by atoms with van der Waals surface area (Å²) in [5, 5.41) is -0.682. The molecule has 3 aromatic rings. The van der Waals surface area contributed by atoms with E-state index in [0.29, 0.717) is 5.56 Å². The third-order valence-corrected chi connectivity index (χ3v) is 6.83. The Hall–Kier alpha value is -4.11. The molecule has 1 saturated heterocycles. The molecule has 1 unspecified atom stereocenters. The molecular formula is C28H24O8S. The maximum absolute atomic E-state index is 12.9. The standard InChI is InChI=1S/C28H24O8S/c1-18(29)34-28-24(36-27(32)21-15-9-4-10-16-21)23(35-26(31)20-13-7-3-8-14-20)22(37-28)17-33-25(30)19-11-5-2-6-12-19/h2-16,22-24,28H,17H2,1H3/t22-,23+,24-,28?/m1/s1. The number of esters is 4. The summed E-state index contributed by atoms with van der Waals surface area (Å²) in [6.45, 7) is 1.05. The van der Waals surface area contributed by atoms with E-state index in [-0.39, 0.29) is 17.7 Å². The number of carbonyl (C=O) groups excluding carboxylic acids is 4. The molecule has 0 spiro atoms. The van der Waals surface area contributed by atoms with Crippen LogP contribution in [0.15, 0.2) is 91.0 Å². The van der Waals surface area contributed by atoms with E-state index in [1.807, 2.05) is 0 Å². The number of ether oxygens (including phenoxy) is 4. The molecule has 0 amide bonds. The smallest absolute Gasteiger partial charge is 0.338 e. The van der Waals surface area contributed by atoms with Gasteiger partial charge >= 0.3 is 23.9 Å². The van der Waals surface area contributed by atoms with Gasteiger partial charge in [0.2, 0.25) is 0 Å². The van der Waals surface area contributed by atoms with Gasteiger partial charge in [0.15, 0.2) is 17.6 Å². The highest BCUT2D eigenvalue weighted by atomic mass is 32.2. The zero-order valence-electron chi connectivity index (χ0n) is 19.9. The summed E-state index contributed by atoms with van der Waals surface area (Å²) >= 11 is 1.09. The van der Waals surface area contributed by atoms with E-state index in [0.717, 1.165) is 11.8 Å². The summed E-state index contributed by atoms with van der Waals surface area (Å²) in [6, 6.07) is 25.0. The van der Waals surface area contributed by atoms with E-state index in [2.05, 4.69) is 0 Å². The van der Waals surface area contributed by atoms with Crippen LogP contribution in [0, 0.1) is 0 Å². The quantitative estimate of drug-likeness (QED) is 0.317. The summed E-state index contributed by atoms with van der Waals surface area (Å²) in [5.74, 6) is -2.50. The largest absolute Gasteiger partial charge is 0.461 e. The van der Waals surface area contributed by atoms with Gasteiger partial charge in [-0.25, -0.2) is 14.4 Å². The molecular weight excluding hydrogens is 496 g/mol. The second-order valence-electron chi connectivity index (χ2n) is 8.09. The van der Waals surface area contributed by atoms with Gasteiger partial charge in [0.05, 0.1) is 21.9 Å². The first-order valence-corrected chi connectivity index (χ1v) is 12.4. The number of benzene rings is 3. The van der Waals surface area contributed by atoms with Crippen molar-refractivity contribution < 1.29 is 38.1 Å². The molecule has 0 bridgehead atoms. The van der Waals surface area contributed by atoms with E-state index >= 15 is 0 Å². The highest BCUT2D eigenvalue weighted by Crippen LogP contribution is 2.40. The van der Waals surface area contributed by atoms with Crippen molar-refractivity contribution in [1.82, 2.24) is 0 Å². The van der Waals surface area contributed by atoms with E-state index < -0.39 is 46.8 Å². The molecule has 3 aromatic carbocycles. The lowest BCUT2D eigenvalue weighted by Crippen LogP contribution is -2.42. The summed E-state index contributed by atoms with van der Waals surface area (Å²) in [7, 11) is 0. The normalized spacial score (nSPS) is 20.5. The molecule has 8 nitrogen and oxygen atoms in total. The second-order valence-corrected chi connectivity index (χ2v) is 9.43. The second kappa shape index (κ2) is 12.2. The molecule has 1 heterocycles. The Morgan fingerprint density at radius 3 is 1.51 bits per heavy atom. The number of hydrogen-bond donors (Lipinski definition) is 0. The van der Waals surface area contributed by atoms with Gasteiger partial charge in [-0.05, 0) is 36.4 Å². The third-order valence-electron chi connectivity index (χ3n) is 5.44. The average molecular weight is 521 g/mol. The Labute approximate surface area is 217 Å². The van der Waals surface area contributed by atoms with Crippen LogP contribution in [0.3, 0.4) is 0 Å². The lowest BCUT2D eigenvalue weighted by molar-refractivity contribution is -0.148. The first kappa shape index (κ1) is 26.0. The monoisotopic (exact) mass is 520 g/mol. The molecule has 4 rings (SSSR count). The van der Waals surface area contributed by atoms with Crippen LogP contribution < -0.4 is 0 Å². The molecule has 37 heavy (non-hydrogen) atoms. The Morgan fingerprint density at radius 1 is 0.622 bits per heavy atom. The summed E-state index contributed by atoms with van der Waals surface area (Å²) in [5.41, 5.74) is -0.0659. The molecule has 0 radical (unpaired) electrons. The molecule has 9 heteroatoms. The minimum absolute atomic E-state index is 0.178. The molecule has 190 valence electrons. The number of rotatable bonds is 8. The van der Waals surface area contributed by atoms with Crippen molar-refractivity contribution in [2.75, 3.05) is 6.61 Å². The van der Waals surface area contributed by atoms with Crippen LogP contribution in [-0.2, 0) is 23.7 Å². The molecule has 0 saturated carbocycles. The topological polar surface area (TPSA) is 105 Å². The van der Waals surface area contributed by atoms with Gasteiger partial charge in [-0.2, -0.15) is 0 Å². The predicted molar refractivity (Wildman–Crippen MR) is 135 cm³/mol. The molecule has 1 aliphatic rings. The van der Waals surface area contributed by atoms with Crippen molar-refractivity contribution >= 4 is 35.6 Å². The van der Waals surface area contributed by atoms with E-state index in [9.17, 15) is 19.2 Å². The van der Waals surface area contributed by atoms with Gasteiger partial charge in [0.1, 0.15) is 6.61 Å². The molecule has 1 fully saturated rings. The van der Waals surface area contributed by atoms with Gasteiger partial charge in [0, 0.05) is 6.92 Å². The van der Waals surface area contributed by atoms with E-state index in [1.54, 1.807) is 91.0 Å².